The number of nitriles is 1. The molecule has 2 aromatic carbocycles. The Morgan fingerprint density at radius 2 is 1.90 bits per heavy atom. The highest BCUT2D eigenvalue weighted by molar-refractivity contribution is 6.04. The molecule has 2 atom stereocenters. The molecule has 1 saturated heterocycles. The lowest BCUT2D eigenvalue weighted by molar-refractivity contribution is -0.164. The number of morpholine rings is 1. The van der Waals surface area contributed by atoms with Crippen molar-refractivity contribution >= 4 is 17.5 Å². The van der Waals surface area contributed by atoms with Crippen molar-refractivity contribution in [3.63, 3.8) is 0 Å². The van der Waals surface area contributed by atoms with E-state index in [9.17, 15) is 14.7 Å². The number of hydrogen-bond donors (Lipinski definition) is 2. The molecule has 2 aromatic rings. The normalized spacial score (nSPS) is 19.1. The molecule has 0 unspecified atom stereocenters. The van der Waals surface area contributed by atoms with Gasteiger partial charge in [0, 0.05) is 17.3 Å². The van der Waals surface area contributed by atoms with Crippen LogP contribution in [-0.2, 0) is 9.53 Å². The van der Waals surface area contributed by atoms with Gasteiger partial charge in [0.2, 0.25) is 5.91 Å². The average molecular weight is 393 g/mol. The number of rotatable bonds is 5. The predicted molar refractivity (Wildman–Crippen MR) is 107 cm³/mol. The highest BCUT2D eigenvalue weighted by Gasteiger charge is 2.38. The first-order valence-electron chi connectivity index (χ1n) is 9.39. The first kappa shape index (κ1) is 20.5. The Balaban J connectivity index is 1.73. The number of aliphatic hydroxyl groups excluding tert-OH is 1. The van der Waals surface area contributed by atoms with Gasteiger partial charge in [0.05, 0.1) is 24.3 Å². The van der Waals surface area contributed by atoms with E-state index in [4.69, 9.17) is 10.00 Å². The predicted octanol–water partition coefficient (Wildman–Crippen LogP) is 2.48. The van der Waals surface area contributed by atoms with Crippen molar-refractivity contribution in [2.45, 2.75) is 32.0 Å². The summed E-state index contributed by atoms with van der Waals surface area (Å²) in [6.07, 6.45) is -0.441. The number of nitrogens with one attached hydrogen (secondary N) is 1. The molecule has 0 saturated carbocycles. The zero-order valence-electron chi connectivity index (χ0n) is 16.3. The minimum atomic E-state index is -0.463. The molecule has 0 aliphatic carbocycles. The van der Waals surface area contributed by atoms with Crippen molar-refractivity contribution < 1.29 is 19.4 Å². The lowest BCUT2D eigenvalue weighted by atomic mass is 9.98. The standard InChI is InChI=1S/C22H23N3O4/c1-14(2)25-19(12-26)21(29-13-20(25)27)16-7-9-18(10-8-16)24-22(28)17-5-3-15(11-23)4-6-17/h3-10,14,19,21,26H,12-13H2,1-2H3,(H,24,28)/t19-,21-/m1/s1. The Morgan fingerprint density at radius 3 is 2.45 bits per heavy atom. The van der Waals surface area contributed by atoms with E-state index in [1.165, 1.54) is 0 Å². The van der Waals surface area contributed by atoms with E-state index >= 15 is 0 Å². The zero-order valence-corrected chi connectivity index (χ0v) is 16.3. The van der Waals surface area contributed by atoms with Gasteiger partial charge in [-0.3, -0.25) is 9.59 Å². The summed E-state index contributed by atoms with van der Waals surface area (Å²) in [4.78, 5) is 26.2. The van der Waals surface area contributed by atoms with Crippen LogP contribution in [0.2, 0.25) is 0 Å². The van der Waals surface area contributed by atoms with Crippen LogP contribution in [-0.4, -0.2) is 47.1 Å². The molecule has 2 amide bonds. The van der Waals surface area contributed by atoms with E-state index in [1.54, 1.807) is 41.3 Å². The second kappa shape index (κ2) is 8.86. The largest absolute Gasteiger partial charge is 0.394 e. The molecular weight excluding hydrogens is 370 g/mol. The Labute approximate surface area is 169 Å². The molecule has 7 nitrogen and oxygen atoms in total. The van der Waals surface area contributed by atoms with Gasteiger partial charge < -0.3 is 20.1 Å². The summed E-state index contributed by atoms with van der Waals surface area (Å²) in [6.45, 7) is 3.58. The Morgan fingerprint density at radius 1 is 1.24 bits per heavy atom. The fourth-order valence-electron chi connectivity index (χ4n) is 3.51. The number of carbonyl (C=O) groups is 2. The maximum atomic E-state index is 12.4. The van der Waals surface area contributed by atoms with Gasteiger partial charge >= 0.3 is 0 Å². The number of benzene rings is 2. The number of carbonyl (C=O) groups excluding carboxylic acids is 2. The van der Waals surface area contributed by atoms with Crippen molar-refractivity contribution in [1.29, 1.82) is 5.26 Å². The number of ether oxygens (including phenoxy) is 1. The van der Waals surface area contributed by atoms with Crippen molar-refractivity contribution in [2.75, 3.05) is 18.5 Å². The van der Waals surface area contributed by atoms with Gasteiger partial charge in [-0.25, -0.2) is 0 Å². The monoisotopic (exact) mass is 393 g/mol. The highest BCUT2D eigenvalue weighted by Crippen LogP contribution is 2.31. The fraction of sp³-hybridized carbons (Fsp3) is 0.318. The number of anilines is 1. The van der Waals surface area contributed by atoms with Gasteiger partial charge in [-0.05, 0) is 55.8 Å². The smallest absolute Gasteiger partial charge is 0.255 e. The molecule has 0 radical (unpaired) electrons. The molecule has 150 valence electrons. The van der Waals surface area contributed by atoms with Crippen molar-refractivity contribution in [1.82, 2.24) is 4.90 Å². The first-order valence-corrected chi connectivity index (χ1v) is 9.39. The summed E-state index contributed by atoms with van der Waals surface area (Å²) in [5.74, 6) is -0.414. The minimum Gasteiger partial charge on any atom is -0.394 e. The molecule has 29 heavy (non-hydrogen) atoms. The van der Waals surface area contributed by atoms with Crippen molar-refractivity contribution in [2.24, 2.45) is 0 Å². The summed E-state index contributed by atoms with van der Waals surface area (Å²) in [6, 6.07) is 15.0. The van der Waals surface area contributed by atoms with Crippen LogP contribution in [0.4, 0.5) is 5.69 Å². The van der Waals surface area contributed by atoms with Crippen LogP contribution in [0.15, 0.2) is 48.5 Å². The van der Waals surface area contributed by atoms with E-state index < -0.39 is 12.1 Å². The quantitative estimate of drug-likeness (QED) is 0.812. The van der Waals surface area contributed by atoms with Crippen molar-refractivity contribution in [3.8, 4) is 6.07 Å². The number of nitrogens with zero attached hydrogens (tertiary/aromatic N) is 2. The van der Waals surface area contributed by atoms with E-state index in [0.29, 0.717) is 16.8 Å². The second-order valence-corrected chi connectivity index (χ2v) is 7.14. The maximum Gasteiger partial charge on any atom is 0.255 e. The van der Waals surface area contributed by atoms with Crippen LogP contribution in [0.1, 0.15) is 41.4 Å². The zero-order chi connectivity index (χ0) is 21.0. The van der Waals surface area contributed by atoms with E-state index in [-0.39, 0.29) is 31.1 Å². The van der Waals surface area contributed by atoms with Gasteiger partial charge in [-0.1, -0.05) is 12.1 Å². The third-order valence-electron chi connectivity index (χ3n) is 4.90. The van der Waals surface area contributed by atoms with E-state index in [0.717, 1.165) is 5.56 Å². The highest BCUT2D eigenvalue weighted by atomic mass is 16.5. The van der Waals surface area contributed by atoms with Crippen LogP contribution >= 0.6 is 0 Å². The van der Waals surface area contributed by atoms with Crippen LogP contribution in [0, 0.1) is 11.3 Å². The molecule has 1 aliphatic rings. The lowest BCUT2D eigenvalue weighted by Crippen LogP contribution is -2.55. The molecular formula is C22H23N3O4. The van der Waals surface area contributed by atoms with Gasteiger partial charge in [-0.2, -0.15) is 5.26 Å². The maximum absolute atomic E-state index is 12.4. The van der Waals surface area contributed by atoms with Gasteiger partial charge in [0.1, 0.15) is 12.7 Å². The number of hydrogen-bond acceptors (Lipinski definition) is 5. The van der Waals surface area contributed by atoms with Gasteiger partial charge in [-0.15, -0.1) is 0 Å². The van der Waals surface area contributed by atoms with Gasteiger partial charge in [0.15, 0.2) is 0 Å². The van der Waals surface area contributed by atoms with Crippen LogP contribution < -0.4 is 5.32 Å². The topological polar surface area (TPSA) is 103 Å². The summed E-state index contributed by atoms with van der Waals surface area (Å²) in [7, 11) is 0. The second-order valence-electron chi connectivity index (χ2n) is 7.14. The average Bonchev–Trinajstić information content (AvgIpc) is 2.73. The minimum absolute atomic E-state index is 0.0312. The molecule has 0 spiro atoms. The Kier molecular flexibility index (Phi) is 6.27. The Hall–Kier alpha value is -3.21. The van der Waals surface area contributed by atoms with E-state index in [2.05, 4.69) is 5.32 Å². The molecule has 7 heteroatoms. The van der Waals surface area contributed by atoms with E-state index in [1.807, 2.05) is 32.0 Å². The molecule has 0 bridgehead atoms. The third-order valence-corrected chi connectivity index (χ3v) is 4.90. The molecule has 2 N–H and O–H groups in total. The summed E-state index contributed by atoms with van der Waals surface area (Å²) in [5.41, 5.74) is 2.37. The summed E-state index contributed by atoms with van der Waals surface area (Å²) in [5, 5.41) is 21.5. The molecule has 1 heterocycles. The fourth-order valence-corrected chi connectivity index (χ4v) is 3.51. The number of aliphatic hydroxyl groups is 1. The van der Waals surface area contributed by atoms with Crippen LogP contribution in [0.3, 0.4) is 0 Å². The lowest BCUT2D eigenvalue weighted by Gasteiger charge is -2.42. The number of amides is 2. The molecule has 0 aromatic heterocycles. The Bertz CT molecular complexity index is 917. The van der Waals surface area contributed by atoms with Crippen LogP contribution in [0.5, 0.6) is 0 Å². The summed E-state index contributed by atoms with van der Waals surface area (Å²) < 4.78 is 5.71. The molecule has 1 fully saturated rings. The first-order chi connectivity index (χ1) is 13.9. The van der Waals surface area contributed by atoms with Crippen LogP contribution in [0.25, 0.3) is 0 Å². The molecule has 3 rings (SSSR count). The SMILES string of the molecule is CC(C)N1C(=O)CO[C@H](c2ccc(NC(=O)c3ccc(C#N)cc3)cc2)[C@H]1CO. The van der Waals surface area contributed by atoms with Crippen molar-refractivity contribution in [3.05, 3.63) is 65.2 Å². The third kappa shape index (κ3) is 4.45. The molecule has 1 aliphatic heterocycles. The van der Waals surface area contributed by atoms with Gasteiger partial charge in [0.25, 0.3) is 5.91 Å². The summed E-state index contributed by atoms with van der Waals surface area (Å²) >= 11 is 0.